The van der Waals surface area contributed by atoms with Crippen LogP contribution in [0.5, 0.6) is 0 Å². The second-order valence-corrected chi connectivity index (χ2v) is 6.18. The van der Waals surface area contributed by atoms with E-state index < -0.39 is 6.23 Å². The zero-order chi connectivity index (χ0) is 15.8. The molecule has 0 heterocycles. The first-order valence-electron chi connectivity index (χ1n) is 9.09. The SMILES string of the molecule is CCCCCCCCCCCCCCCC(N)OC(C)=O. The van der Waals surface area contributed by atoms with Gasteiger partial charge in [0.1, 0.15) is 0 Å². The fourth-order valence-electron chi connectivity index (χ4n) is 2.64. The first-order valence-corrected chi connectivity index (χ1v) is 9.09. The van der Waals surface area contributed by atoms with E-state index in [1.165, 1.54) is 84.0 Å². The van der Waals surface area contributed by atoms with Crippen molar-refractivity contribution in [3.05, 3.63) is 0 Å². The second-order valence-electron chi connectivity index (χ2n) is 6.18. The van der Waals surface area contributed by atoms with Crippen molar-refractivity contribution in [2.75, 3.05) is 0 Å². The maximum absolute atomic E-state index is 10.7. The standard InChI is InChI=1S/C18H37NO2/c1-3-4-5-6-7-8-9-10-11-12-13-14-15-16-18(19)21-17(2)20/h18H,3-16,19H2,1-2H3. The van der Waals surface area contributed by atoms with Crippen molar-refractivity contribution in [3.63, 3.8) is 0 Å². The Labute approximate surface area is 132 Å². The molecule has 0 aromatic carbocycles. The van der Waals surface area contributed by atoms with Crippen LogP contribution in [-0.4, -0.2) is 12.2 Å². The van der Waals surface area contributed by atoms with Crippen molar-refractivity contribution in [1.29, 1.82) is 0 Å². The van der Waals surface area contributed by atoms with Gasteiger partial charge in [-0.3, -0.25) is 10.5 Å². The average Bonchev–Trinajstić information content (AvgIpc) is 2.43. The van der Waals surface area contributed by atoms with E-state index in [4.69, 9.17) is 10.5 Å². The summed E-state index contributed by atoms with van der Waals surface area (Å²) in [5, 5.41) is 0. The lowest BCUT2D eigenvalue weighted by atomic mass is 10.0. The molecule has 0 aliphatic heterocycles. The largest absolute Gasteiger partial charge is 0.447 e. The number of unbranched alkanes of at least 4 members (excludes halogenated alkanes) is 12. The molecular formula is C18H37NO2. The maximum Gasteiger partial charge on any atom is 0.304 e. The van der Waals surface area contributed by atoms with Gasteiger partial charge in [0.25, 0.3) is 0 Å². The van der Waals surface area contributed by atoms with E-state index in [9.17, 15) is 4.79 Å². The summed E-state index contributed by atoms with van der Waals surface area (Å²) in [5.74, 6) is -0.280. The zero-order valence-electron chi connectivity index (χ0n) is 14.4. The fourth-order valence-corrected chi connectivity index (χ4v) is 2.64. The van der Waals surface area contributed by atoms with Crippen LogP contribution in [0.4, 0.5) is 0 Å². The number of carbonyl (C=O) groups excluding carboxylic acids is 1. The summed E-state index contributed by atoms with van der Waals surface area (Å²) >= 11 is 0. The summed E-state index contributed by atoms with van der Waals surface area (Å²) in [5.41, 5.74) is 5.67. The van der Waals surface area contributed by atoms with Crippen LogP contribution in [0.2, 0.25) is 0 Å². The topological polar surface area (TPSA) is 52.3 Å². The van der Waals surface area contributed by atoms with Gasteiger partial charge in [-0.1, -0.05) is 84.0 Å². The molecule has 3 heteroatoms. The first-order chi connectivity index (χ1) is 10.2. The molecule has 0 amide bonds. The van der Waals surface area contributed by atoms with Gasteiger partial charge >= 0.3 is 5.97 Å². The lowest BCUT2D eigenvalue weighted by molar-refractivity contribution is -0.146. The molecule has 0 bridgehead atoms. The van der Waals surface area contributed by atoms with Gasteiger partial charge in [0.15, 0.2) is 6.23 Å². The van der Waals surface area contributed by atoms with E-state index in [-0.39, 0.29) is 5.97 Å². The van der Waals surface area contributed by atoms with Gasteiger partial charge in [-0.15, -0.1) is 0 Å². The highest BCUT2D eigenvalue weighted by Gasteiger charge is 2.04. The molecule has 0 saturated carbocycles. The molecular weight excluding hydrogens is 262 g/mol. The van der Waals surface area contributed by atoms with Crippen LogP contribution in [0.25, 0.3) is 0 Å². The molecule has 1 atom stereocenters. The Balaban J connectivity index is 3.07. The molecule has 0 spiro atoms. The minimum atomic E-state index is -0.407. The van der Waals surface area contributed by atoms with E-state index in [1.54, 1.807) is 0 Å². The van der Waals surface area contributed by atoms with Crippen molar-refractivity contribution in [1.82, 2.24) is 0 Å². The monoisotopic (exact) mass is 299 g/mol. The number of hydrogen-bond donors (Lipinski definition) is 1. The Morgan fingerprint density at radius 2 is 1.19 bits per heavy atom. The molecule has 0 aromatic rings. The molecule has 0 radical (unpaired) electrons. The lowest BCUT2D eigenvalue weighted by Gasteiger charge is -2.10. The van der Waals surface area contributed by atoms with E-state index in [0.717, 1.165) is 12.8 Å². The molecule has 21 heavy (non-hydrogen) atoms. The van der Waals surface area contributed by atoms with Crippen LogP contribution < -0.4 is 5.73 Å². The van der Waals surface area contributed by atoms with E-state index in [2.05, 4.69) is 6.92 Å². The molecule has 126 valence electrons. The molecule has 1 unspecified atom stereocenters. The van der Waals surface area contributed by atoms with Crippen LogP contribution >= 0.6 is 0 Å². The molecule has 0 aromatic heterocycles. The summed E-state index contributed by atoms with van der Waals surface area (Å²) in [4.78, 5) is 10.7. The molecule has 3 nitrogen and oxygen atoms in total. The lowest BCUT2D eigenvalue weighted by Crippen LogP contribution is -2.25. The Kier molecular flexibility index (Phi) is 15.4. The highest BCUT2D eigenvalue weighted by Crippen LogP contribution is 2.13. The van der Waals surface area contributed by atoms with Crippen molar-refractivity contribution in [2.45, 2.75) is 110 Å². The maximum atomic E-state index is 10.7. The average molecular weight is 299 g/mol. The van der Waals surface area contributed by atoms with Gasteiger partial charge < -0.3 is 4.74 Å². The molecule has 0 fully saturated rings. The molecule has 0 rings (SSSR count). The predicted molar refractivity (Wildman–Crippen MR) is 90.1 cm³/mol. The molecule has 0 saturated heterocycles. The normalized spacial score (nSPS) is 12.3. The van der Waals surface area contributed by atoms with Crippen LogP contribution in [0.1, 0.15) is 104 Å². The molecule has 0 aliphatic carbocycles. The third-order valence-electron chi connectivity index (χ3n) is 3.91. The number of ether oxygens (including phenoxy) is 1. The van der Waals surface area contributed by atoms with Crippen molar-refractivity contribution >= 4 is 5.97 Å². The van der Waals surface area contributed by atoms with Gasteiger partial charge in [-0.05, 0) is 12.8 Å². The summed E-state index contributed by atoms with van der Waals surface area (Å²) in [6.45, 7) is 3.67. The summed E-state index contributed by atoms with van der Waals surface area (Å²) in [7, 11) is 0. The van der Waals surface area contributed by atoms with E-state index in [0.29, 0.717) is 0 Å². The minimum absolute atomic E-state index is 0.280. The van der Waals surface area contributed by atoms with Gasteiger partial charge in [0, 0.05) is 6.92 Å². The van der Waals surface area contributed by atoms with E-state index in [1.807, 2.05) is 0 Å². The Morgan fingerprint density at radius 1 is 0.810 bits per heavy atom. The van der Waals surface area contributed by atoms with Gasteiger partial charge in [0.2, 0.25) is 0 Å². The summed E-state index contributed by atoms with van der Waals surface area (Å²) in [6.07, 6.45) is 17.9. The molecule has 0 aliphatic rings. The van der Waals surface area contributed by atoms with Crippen LogP contribution in [0.15, 0.2) is 0 Å². The third-order valence-corrected chi connectivity index (χ3v) is 3.91. The van der Waals surface area contributed by atoms with Gasteiger partial charge in [0.05, 0.1) is 0 Å². The van der Waals surface area contributed by atoms with Crippen molar-refractivity contribution in [3.8, 4) is 0 Å². The number of esters is 1. The smallest absolute Gasteiger partial charge is 0.304 e. The van der Waals surface area contributed by atoms with Crippen LogP contribution in [-0.2, 0) is 9.53 Å². The highest BCUT2D eigenvalue weighted by molar-refractivity contribution is 5.66. The molecule has 2 N–H and O–H groups in total. The number of hydrogen-bond acceptors (Lipinski definition) is 3. The second kappa shape index (κ2) is 15.8. The van der Waals surface area contributed by atoms with Crippen LogP contribution in [0, 0.1) is 0 Å². The Hall–Kier alpha value is -0.570. The number of carbonyl (C=O) groups is 1. The quantitative estimate of drug-likeness (QED) is 0.253. The zero-order valence-corrected chi connectivity index (χ0v) is 14.4. The van der Waals surface area contributed by atoms with Crippen LogP contribution in [0.3, 0.4) is 0 Å². The summed E-state index contributed by atoms with van der Waals surface area (Å²) in [6, 6.07) is 0. The van der Waals surface area contributed by atoms with Gasteiger partial charge in [-0.2, -0.15) is 0 Å². The summed E-state index contributed by atoms with van der Waals surface area (Å²) < 4.78 is 4.90. The minimum Gasteiger partial charge on any atom is -0.447 e. The number of rotatable bonds is 15. The number of nitrogens with two attached hydrogens (primary N) is 1. The van der Waals surface area contributed by atoms with Crippen molar-refractivity contribution < 1.29 is 9.53 Å². The van der Waals surface area contributed by atoms with E-state index >= 15 is 0 Å². The fraction of sp³-hybridized carbons (Fsp3) is 0.944. The highest BCUT2D eigenvalue weighted by atomic mass is 16.5. The Bertz CT molecular complexity index is 231. The predicted octanol–water partition coefficient (Wildman–Crippen LogP) is 5.32. The third kappa shape index (κ3) is 17.4. The van der Waals surface area contributed by atoms with Crippen molar-refractivity contribution in [2.24, 2.45) is 5.73 Å². The Morgan fingerprint density at radius 3 is 1.57 bits per heavy atom. The van der Waals surface area contributed by atoms with Gasteiger partial charge in [-0.25, -0.2) is 0 Å². The first kappa shape index (κ1) is 20.4.